The first-order valence-electron chi connectivity index (χ1n) is 7.39. The zero-order chi connectivity index (χ0) is 16.6. The zero-order valence-corrected chi connectivity index (χ0v) is 14.2. The highest BCUT2D eigenvalue weighted by Gasteiger charge is 2.46. The average molecular weight is 378 g/mol. The Labute approximate surface area is 142 Å². The van der Waals surface area contributed by atoms with E-state index in [1.54, 1.807) is 0 Å². The first-order valence-corrected chi connectivity index (χ1v) is 8.18. The lowest BCUT2D eigenvalue weighted by Gasteiger charge is -2.16. The van der Waals surface area contributed by atoms with Gasteiger partial charge in [-0.25, -0.2) is 4.79 Å². The van der Waals surface area contributed by atoms with Crippen molar-refractivity contribution >= 4 is 33.6 Å². The Kier molecular flexibility index (Phi) is 4.02. The number of amides is 2. The lowest BCUT2D eigenvalue weighted by Crippen LogP contribution is -2.33. The molecule has 2 amide bonds. The van der Waals surface area contributed by atoms with Gasteiger partial charge in [0.25, 0.3) is 0 Å². The van der Waals surface area contributed by atoms with Crippen molar-refractivity contribution in [1.29, 1.82) is 5.26 Å². The molecule has 7 heteroatoms. The Morgan fingerprint density at radius 3 is 2.87 bits per heavy atom. The van der Waals surface area contributed by atoms with Gasteiger partial charge in [0.05, 0.1) is 24.6 Å². The summed E-state index contributed by atoms with van der Waals surface area (Å²) in [4.78, 5) is 24.5. The van der Waals surface area contributed by atoms with Gasteiger partial charge in [-0.1, -0.05) is 22.0 Å². The van der Waals surface area contributed by atoms with Crippen molar-refractivity contribution in [2.45, 2.75) is 31.3 Å². The van der Waals surface area contributed by atoms with Crippen LogP contribution in [0.4, 0.5) is 10.5 Å². The van der Waals surface area contributed by atoms with Crippen LogP contribution in [0, 0.1) is 11.3 Å². The molecule has 120 valence electrons. The number of hydrogen-bond donors (Lipinski definition) is 1. The van der Waals surface area contributed by atoms with Crippen LogP contribution >= 0.6 is 15.9 Å². The summed E-state index contributed by atoms with van der Waals surface area (Å²) in [6.07, 6.45) is 0.943. The molecule has 1 heterocycles. The molecular weight excluding hydrogens is 362 g/mol. The highest BCUT2D eigenvalue weighted by Crippen LogP contribution is 2.50. The minimum Gasteiger partial charge on any atom is -0.442 e. The van der Waals surface area contributed by atoms with Gasteiger partial charge in [0.1, 0.15) is 6.10 Å². The molecule has 1 aliphatic carbocycles. The second-order valence-corrected chi connectivity index (χ2v) is 6.77. The third kappa shape index (κ3) is 3.04. The van der Waals surface area contributed by atoms with Gasteiger partial charge in [0.2, 0.25) is 5.91 Å². The Morgan fingerprint density at radius 2 is 2.30 bits per heavy atom. The number of carbonyl (C=O) groups excluding carboxylic acids is 2. The van der Waals surface area contributed by atoms with Crippen LogP contribution in [0.2, 0.25) is 0 Å². The van der Waals surface area contributed by atoms with E-state index in [9.17, 15) is 14.9 Å². The molecule has 0 radical (unpaired) electrons. The fourth-order valence-corrected chi connectivity index (χ4v) is 3.47. The van der Waals surface area contributed by atoms with Crippen molar-refractivity contribution in [3.63, 3.8) is 0 Å². The van der Waals surface area contributed by atoms with Gasteiger partial charge in [-0.05, 0) is 30.5 Å². The van der Waals surface area contributed by atoms with E-state index in [1.165, 1.54) is 11.8 Å². The van der Waals surface area contributed by atoms with E-state index in [-0.39, 0.29) is 17.4 Å². The fraction of sp³-hybridized carbons (Fsp3) is 0.438. The second-order valence-electron chi connectivity index (χ2n) is 5.91. The third-order valence-electron chi connectivity index (χ3n) is 4.20. The predicted octanol–water partition coefficient (Wildman–Crippen LogP) is 2.47. The number of nitriles is 1. The van der Waals surface area contributed by atoms with Crippen LogP contribution in [0.25, 0.3) is 0 Å². The number of cyclic esters (lactones) is 1. The van der Waals surface area contributed by atoms with E-state index in [2.05, 4.69) is 27.3 Å². The first-order chi connectivity index (χ1) is 10.9. The molecule has 1 atom stereocenters. The number of ether oxygens (including phenoxy) is 1. The highest BCUT2D eigenvalue weighted by atomic mass is 79.9. The lowest BCUT2D eigenvalue weighted by atomic mass is 9.97. The lowest BCUT2D eigenvalue weighted by molar-refractivity contribution is -0.119. The van der Waals surface area contributed by atoms with Crippen LogP contribution in [-0.4, -0.2) is 31.2 Å². The van der Waals surface area contributed by atoms with Crippen LogP contribution in [-0.2, 0) is 14.9 Å². The fourth-order valence-electron chi connectivity index (χ4n) is 2.72. The van der Waals surface area contributed by atoms with E-state index >= 15 is 0 Å². The predicted molar refractivity (Wildman–Crippen MR) is 87.0 cm³/mol. The maximum absolute atomic E-state index is 12.0. The van der Waals surface area contributed by atoms with E-state index in [0.717, 1.165) is 22.9 Å². The van der Waals surface area contributed by atoms with E-state index in [1.807, 2.05) is 18.2 Å². The van der Waals surface area contributed by atoms with E-state index in [4.69, 9.17) is 4.74 Å². The van der Waals surface area contributed by atoms with Crippen molar-refractivity contribution < 1.29 is 14.3 Å². The smallest absolute Gasteiger partial charge is 0.414 e. The van der Waals surface area contributed by atoms with Gasteiger partial charge in [0, 0.05) is 17.1 Å². The quantitative estimate of drug-likeness (QED) is 0.873. The minimum absolute atomic E-state index is 0.155. The van der Waals surface area contributed by atoms with Crippen molar-refractivity contribution in [2.24, 2.45) is 0 Å². The Bertz CT molecular complexity index is 709. The standard InChI is InChI=1S/C16H16BrN3O3/c1-10(21)19-7-12-8-20(15(22)23-12)11-2-3-13(14(17)6-11)16(9-18)4-5-16/h2-3,6,12H,4-5,7-8H2,1H3,(H,19,21)/t12-/m0/s1. The summed E-state index contributed by atoms with van der Waals surface area (Å²) in [7, 11) is 0. The van der Waals surface area contributed by atoms with Crippen LogP contribution in [0.1, 0.15) is 25.3 Å². The summed E-state index contributed by atoms with van der Waals surface area (Å²) in [5.41, 5.74) is 1.30. The molecule has 1 saturated heterocycles. The van der Waals surface area contributed by atoms with Crippen molar-refractivity contribution in [1.82, 2.24) is 5.32 Å². The van der Waals surface area contributed by atoms with Crippen molar-refractivity contribution in [3.8, 4) is 6.07 Å². The molecular formula is C16H16BrN3O3. The number of carbonyl (C=O) groups is 2. The van der Waals surface area contributed by atoms with Crippen molar-refractivity contribution in [3.05, 3.63) is 28.2 Å². The number of nitrogens with one attached hydrogen (secondary N) is 1. The van der Waals surface area contributed by atoms with Gasteiger partial charge < -0.3 is 10.1 Å². The first kappa shape index (κ1) is 15.8. The normalized spacial score (nSPS) is 21.5. The topological polar surface area (TPSA) is 82.4 Å². The number of nitrogens with zero attached hydrogens (tertiary/aromatic N) is 2. The molecule has 1 N–H and O–H groups in total. The highest BCUT2D eigenvalue weighted by molar-refractivity contribution is 9.10. The van der Waals surface area contributed by atoms with Crippen molar-refractivity contribution in [2.75, 3.05) is 18.0 Å². The number of rotatable bonds is 4. The van der Waals surface area contributed by atoms with Gasteiger partial charge in [-0.2, -0.15) is 5.26 Å². The molecule has 1 aromatic carbocycles. The van der Waals surface area contributed by atoms with Crippen LogP contribution in [0.3, 0.4) is 0 Å². The molecule has 1 aromatic rings. The monoisotopic (exact) mass is 377 g/mol. The van der Waals surface area contributed by atoms with Gasteiger partial charge in [-0.15, -0.1) is 0 Å². The number of benzene rings is 1. The Hall–Kier alpha value is -2.07. The molecule has 2 fully saturated rings. The SMILES string of the molecule is CC(=O)NC[C@H]1CN(c2ccc(C3(C#N)CC3)c(Br)c2)C(=O)O1. The minimum atomic E-state index is -0.429. The molecule has 0 unspecified atom stereocenters. The van der Waals surface area contributed by atoms with Gasteiger partial charge in [0.15, 0.2) is 0 Å². The van der Waals surface area contributed by atoms with Crippen LogP contribution < -0.4 is 10.2 Å². The van der Waals surface area contributed by atoms with E-state index in [0.29, 0.717) is 18.8 Å². The summed E-state index contributed by atoms with van der Waals surface area (Å²) in [5.74, 6) is -0.155. The molecule has 1 saturated carbocycles. The molecule has 2 aliphatic rings. The molecule has 0 aromatic heterocycles. The molecule has 0 bridgehead atoms. The van der Waals surface area contributed by atoms with Crippen LogP contribution in [0.15, 0.2) is 22.7 Å². The number of anilines is 1. The maximum Gasteiger partial charge on any atom is 0.414 e. The second kappa shape index (κ2) is 5.85. The van der Waals surface area contributed by atoms with Gasteiger partial charge in [-0.3, -0.25) is 9.69 Å². The summed E-state index contributed by atoms with van der Waals surface area (Å²) in [5, 5.41) is 12.0. The zero-order valence-electron chi connectivity index (χ0n) is 12.6. The number of halogens is 1. The molecule has 0 spiro atoms. The number of hydrogen-bond acceptors (Lipinski definition) is 4. The largest absolute Gasteiger partial charge is 0.442 e. The third-order valence-corrected chi connectivity index (χ3v) is 4.85. The van der Waals surface area contributed by atoms with Gasteiger partial charge >= 0.3 is 6.09 Å². The summed E-state index contributed by atoms with van der Waals surface area (Å²) in [6, 6.07) is 7.93. The molecule has 6 nitrogen and oxygen atoms in total. The molecule has 3 rings (SSSR count). The van der Waals surface area contributed by atoms with E-state index < -0.39 is 6.09 Å². The molecule has 1 aliphatic heterocycles. The summed E-state index contributed by atoms with van der Waals surface area (Å²) >= 11 is 3.51. The van der Waals surface area contributed by atoms with Crippen LogP contribution in [0.5, 0.6) is 0 Å². The molecule has 23 heavy (non-hydrogen) atoms. The summed E-state index contributed by atoms with van der Waals surface area (Å²) < 4.78 is 6.08. The Morgan fingerprint density at radius 1 is 1.57 bits per heavy atom. The summed E-state index contributed by atoms with van der Waals surface area (Å²) in [6.45, 7) is 2.11. The average Bonchev–Trinajstić information content (AvgIpc) is 3.22. The maximum atomic E-state index is 12.0. The Balaban J connectivity index is 1.75.